The molecule has 1 unspecified atom stereocenters. The van der Waals surface area contributed by atoms with E-state index in [-0.39, 0.29) is 36.5 Å². The molecule has 0 bridgehead atoms. The molecule has 2 aromatic rings. The summed E-state index contributed by atoms with van der Waals surface area (Å²) in [5, 5.41) is 23.3. The summed E-state index contributed by atoms with van der Waals surface area (Å²) in [5.41, 5.74) is 1.45. The first-order valence-electron chi connectivity index (χ1n) is 11.7. The van der Waals surface area contributed by atoms with Crippen LogP contribution in [-0.2, 0) is 19.1 Å². The topological polar surface area (TPSA) is 132 Å². The van der Waals surface area contributed by atoms with Crippen LogP contribution in [-0.4, -0.2) is 35.8 Å². The third-order valence-electron chi connectivity index (χ3n) is 5.60. The lowest BCUT2D eigenvalue weighted by Gasteiger charge is -2.30. The zero-order valence-corrected chi connectivity index (χ0v) is 21.4. The van der Waals surface area contributed by atoms with Gasteiger partial charge in [-0.05, 0) is 38.0 Å². The molecule has 37 heavy (non-hydrogen) atoms. The summed E-state index contributed by atoms with van der Waals surface area (Å²) in [6.45, 7) is 3.40. The summed E-state index contributed by atoms with van der Waals surface area (Å²) in [5.74, 6) is -1.53. The summed E-state index contributed by atoms with van der Waals surface area (Å²) < 4.78 is 10.8. The van der Waals surface area contributed by atoms with Gasteiger partial charge in [0.25, 0.3) is 5.69 Å². The second-order valence-corrected chi connectivity index (χ2v) is 9.35. The fourth-order valence-electron chi connectivity index (χ4n) is 3.96. The number of ether oxygens (including phenoxy) is 2. The Morgan fingerprint density at radius 1 is 1.03 bits per heavy atom. The number of allylic oxidation sites excluding steroid dienone is 2. The molecule has 9 nitrogen and oxygen atoms in total. The molecule has 192 valence electrons. The van der Waals surface area contributed by atoms with E-state index in [9.17, 15) is 19.7 Å². The van der Waals surface area contributed by atoms with Crippen molar-refractivity contribution in [2.75, 3.05) is 19.0 Å². The van der Waals surface area contributed by atoms with Gasteiger partial charge in [-0.15, -0.1) is 11.8 Å². The molecule has 0 radical (unpaired) electrons. The van der Waals surface area contributed by atoms with E-state index in [1.165, 1.54) is 18.2 Å². The van der Waals surface area contributed by atoms with Gasteiger partial charge in [0, 0.05) is 34.2 Å². The van der Waals surface area contributed by atoms with Gasteiger partial charge >= 0.3 is 11.9 Å². The Morgan fingerprint density at radius 3 is 2.30 bits per heavy atom. The van der Waals surface area contributed by atoms with E-state index in [1.807, 2.05) is 36.4 Å². The SMILES string of the molecule is CC1=C(C(=O)OCCC#N)C(c2cccc([N+](=O)[O-])c2)C(C(=O)OCCCSc2ccccc2)=C(C)N1. The Labute approximate surface area is 219 Å². The number of nitrogens with zero attached hydrogens (tertiary/aromatic N) is 2. The number of benzene rings is 2. The van der Waals surface area contributed by atoms with Gasteiger partial charge in [-0.25, -0.2) is 9.59 Å². The lowest BCUT2D eigenvalue weighted by atomic mass is 9.80. The molecule has 2 aromatic carbocycles. The third-order valence-corrected chi connectivity index (χ3v) is 6.69. The van der Waals surface area contributed by atoms with Gasteiger partial charge in [-0.2, -0.15) is 5.26 Å². The van der Waals surface area contributed by atoms with Gasteiger partial charge in [-0.3, -0.25) is 10.1 Å². The monoisotopic (exact) mass is 521 g/mol. The molecule has 3 rings (SSSR count). The number of carbonyl (C=O) groups excluding carboxylic acids is 2. The normalized spacial score (nSPS) is 15.0. The largest absolute Gasteiger partial charge is 0.462 e. The van der Waals surface area contributed by atoms with Crippen LogP contribution in [0.25, 0.3) is 0 Å². The van der Waals surface area contributed by atoms with Gasteiger partial charge in [0.05, 0.1) is 41.1 Å². The molecule has 1 heterocycles. The van der Waals surface area contributed by atoms with E-state index in [2.05, 4.69) is 5.32 Å². The molecule has 1 atom stereocenters. The number of nitro groups is 1. The molecule has 0 aromatic heterocycles. The summed E-state index contributed by atoms with van der Waals surface area (Å²) in [6, 6.07) is 17.6. The number of esters is 2. The fourth-order valence-corrected chi connectivity index (χ4v) is 4.81. The van der Waals surface area contributed by atoms with Crippen molar-refractivity contribution >= 4 is 29.4 Å². The number of nitrogens with one attached hydrogen (secondary N) is 1. The van der Waals surface area contributed by atoms with Crippen molar-refractivity contribution in [3.05, 3.63) is 92.8 Å². The molecular weight excluding hydrogens is 494 g/mol. The maximum Gasteiger partial charge on any atom is 0.336 e. The van der Waals surface area contributed by atoms with Gasteiger partial charge in [0.15, 0.2) is 0 Å². The summed E-state index contributed by atoms with van der Waals surface area (Å²) in [7, 11) is 0. The molecule has 0 fully saturated rings. The van der Waals surface area contributed by atoms with Gasteiger partial charge in [0.1, 0.15) is 6.61 Å². The molecule has 0 aliphatic carbocycles. The highest BCUT2D eigenvalue weighted by atomic mass is 32.2. The third kappa shape index (κ3) is 7.21. The van der Waals surface area contributed by atoms with E-state index < -0.39 is 22.8 Å². The minimum absolute atomic E-state index is 0.0116. The van der Waals surface area contributed by atoms with Crippen molar-refractivity contribution in [1.29, 1.82) is 5.26 Å². The van der Waals surface area contributed by atoms with Crippen LogP contribution in [0.2, 0.25) is 0 Å². The first-order chi connectivity index (χ1) is 17.8. The van der Waals surface area contributed by atoms with Crippen molar-refractivity contribution in [2.24, 2.45) is 0 Å². The molecule has 10 heteroatoms. The molecule has 0 saturated carbocycles. The first-order valence-corrected chi connectivity index (χ1v) is 12.6. The molecule has 0 amide bonds. The van der Waals surface area contributed by atoms with Crippen LogP contribution in [0.3, 0.4) is 0 Å². The predicted molar refractivity (Wildman–Crippen MR) is 138 cm³/mol. The van der Waals surface area contributed by atoms with Crippen molar-refractivity contribution < 1.29 is 24.0 Å². The molecular formula is C27H27N3O6S. The van der Waals surface area contributed by atoms with E-state index in [4.69, 9.17) is 14.7 Å². The molecule has 1 aliphatic rings. The van der Waals surface area contributed by atoms with Crippen LogP contribution >= 0.6 is 11.8 Å². The minimum Gasteiger partial charge on any atom is -0.462 e. The zero-order valence-electron chi connectivity index (χ0n) is 20.6. The maximum atomic E-state index is 13.3. The Hall–Kier alpha value is -4.10. The van der Waals surface area contributed by atoms with Crippen LogP contribution in [0.4, 0.5) is 5.69 Å². The number of nitro benzene ring substituents is 1. The van der Waals surface area contributed by atoms with Crippen LogP contribution in [0.1, 0.15) is 38.2 Å². The number of non-ortho nitro benzene ring substituents is 1. The summed E-state index contributed by atoms with van der Waals surface area (Å²) in [6.07, 6.45) is 0.627. The average Bonchev–Trinajstić information content (AvgIpc) is 2.88. The van der Waals surface area contributed by atoms with Crippen molar-refractivity contribution in [2.45, 2.75) is 37.5 Å². The zero-order chi connectivity index (χ0) is 26.8. The summed E-state index contributed by atoms with van der Waals surface area (Å²) in [4.78, 5) is 38.4. The van der Waals surface area contributed by atoms with Crippen LogP contribution in [0.5, 0.6) is 0 Å². The van der Waals surface area contributed by atoms with E-state index in [1.54, 1.807) is 31.7 Å². The van der Waals surface area contributed by atoms with Crippen LogP contribution in [0.15, 0.2) is 82.0 Å². The number of dihydropyridines is 1. The molecule has 1 aliphatic heterocycles. The van der Waals surface area contributed by atoms with Crippen molar-refractivity contribution in [3.8, 4) is 6.07 Å². The first kappa shape index (κ1) is 27.5. The highest BCUT2D eigenvalue weighted by molar-refractivity contribution is 7.99. The Balaban J connectivity index is 1.84. The van der Waals surface area contributed by atoms with Gasteiger partial charge in [-0.1, -0.05) is 30.3 Å². The second-order valence-electron chi connectivity index (χ2n) is 8.18. The smallest absolute Gasteiger partial charge is 0.336 e. The predicted octanol–water partition coefficient (Wildman–Crippen LogP) is 5.01. The van der Waals surface area contributed by atoms with Crippen molar-refractivity contribution in [3.63, 3.8) is 0 Å². The lowest BCUT2D eigenvalue weighted by molar-refractivity contribution is -0.384. The summed E-state index contributed by atoms with van der Waals surface area (Å²) >= 11 is 1.65. The molecule has 1 N–H and O–H groups in total. The average molecular weight is 522 g/mol. The molecule has 0 spiro atoms. The number of thioether (sulfide) groups is 1. The number of nitriles is 1. The quantitative estimate of drug-likeness (QED) is 0.142. The van der Waals surface area contributed by atoms with Gasteiger partial charge in [0.2, 0.25) is 0 Å². The van der Waals surface area contributed by atoms with E-state index >= 15 is 0 Å². The highest BCUT2D eigenvalue weighted by Crippen LogP contribution is 2.40. The van der Waals surface area contributed by atoms with Crippen LogP contribution < -0.4 is 5.32 Å². The number of rotatable bonds is 11. The number of hydrogen-bond donors (Lipinski definition) is 1. The maximum absolute atomic E-state index is 13.3. The second kappa shape index (κ2) is 13.3. The minimum atomic E-state index is -0.943. The van der Waals surface area contributed by atoms with Gasteiger partial charge < -0.3 is 14.8 Å². The number of hydrogen-bond acceptors (Lipinski definition) is 9. The van der Waals surface area contributed by atoms with Crippen molar-refractivity contribution in [1.82, 2.24) is 5.32 Å². The lowest BCUT2D eigenvalue weighted by Crippen LogP contribution is -2.32. The Morgan fingerprint density at radius 2 is 1.68 bits per heavy atom. The van der Waals surface area contributed by atoms with E-state index in [0.29, 0.717) is 23.4 Å². The molecule has 0 saturated heterocycles. The van der Waals surface area contributed by atoms with Crippen LogP contribution in [0, 0.1) is 21.4 Å². The standard InChI is InChI=1S/C27H27N3O6S/c1-18-23(26(31)35-14-7-13-28)25(20-9-6-10-21(17-20)30(33)34)24(19(2)29-18)27(32)36-15-8-16-37-22-11-4-3-5-12-22/h3-6,9-12,17,25,29H,7-8,14-16H2,1-2H3. The Kier molecular flexibility index (Phi) is 9.86. The Bertz CT molecular complexity index is 1270. The number of carbonyl (C=O) groups is 2. The van der Waals surface area contributed by atoms with E-state index in [0.717, 1.165) is 10.6 Å². The fraction of sp³-hybridized carbons (Fsp3) is 0.296. The highest BCUT2D eigenvalue weighted by Gasteiger charge is 2.38.